The quantitative estimate of drug-likeness (QED) is 0.359. The zero-order valence-electron chi connectivity index (χ0n) is 10.6. The topological polar surface area (TPSA) is 112 Å². The Labute approximate surface area is 135 Å². The Morgan fingerprint density at radius 2 is 1.91 bits per heavy atom. The fourth-order valence-corrected chi connectivity index (χ4v) is 2.67. The monoisotopic (exact) mass is 359 g/mol. The predicted octanol–water partition coefficient (Wildman–Crippen LogP) is 4.97. The molecule has 0 radical (unpaired) electrons. The molecule has 0 aliphatic heterocycles. The SMILES string of the molecule is [N-]=[N+]=Nc1ccc(Oc2ccc(Cl)cc2Cl)cc1S(=O)(=O)O. The van der Waals surface area contributed by atoms with Gasteiger partial charge in [-0.3, -0.25) is 4.55 Å². The standard InChI is InChI=1S/C12H7Cl2N3O4S/c13-7-1-4-11(9(14)5-7)21-8-2-3-10(16-17-15)12(6-8)22(18,19)20/h1-6H,(H,18,19,20). The van der Waals surface area contributed by atoms with E-state index >= 15 is 0 Å². The molecule has 2 aromatic carbocycles. The van der Waals surface area contributed by atoms with Crippen LogP contribution in [0.3, 0.4) is 0 Å². The van der Waals surface area contributed by atoms with E-state index in [0.29, 0.717) is 5.02 Å². The van der Waals surface area contributed by atoms with Gasteiger partial charge in [0.05, 0.1) is 10.7 Å². The summed E-state index contributed by atoms with van der Waals surface area (Å²) in [6, 6.07) is 8.08. The van der Waals surface area contributed by atoms with Crippen LogP contribution in [-0.4, -0.2) is 13.0 Å². The third-order valence-corrected chi connectivity index (χ3v) is 3.90. The van der Waals surface area contributed by atoms with Crippen molar-refractivity contribution in [2.45, 2.75) is 4.90 Å². The van der Waals surface area contributed by atoms with Crippen molar-refractivity contribution >= 4 is 39.0 Å². The maximum atomic E-state index is 11.3. The van der Waals surface area contributed by atoms with Gasteiger partial charge >= 0.3 is 0 Å². The van der Waals surface area contributed by atoms with Gasteiger partial charge in [-0.15, -0.1) is 0 Å². The van der Waals surface area contributed by atoms with Crippen molar-refractivity contribution in [2.24, 2.45) is 5.11 Å². The lowest BCUT2D eigenvalue weighted by molar-refractivity contribution is 0.472. The minimum Gasteiger partial charge on any atom is -0.456 e. The highest BCUT2D eigenvalue weighted by Crippen LogP contribution is 2.34. The Morgan fingerprint density at radius 3 is 2.50 bits per heavy atom. The van der Waals surface area contributed by atoms with Crippen molar-refractivity contribution in [3.63, 3.8) is 0 Å². The van der Waals surface area contributed by atoms with Crippen LogP contribution in [0.2, 0.25) is 10.0 Å². The normalized spacial score (nSPS) is 10.9. The maximum Gasteiger partial charge on any atom is 0.295 e. The molecule has 0 fully saturated rings. The van der Waals surface area contributed by atoms with Crippen LogP contribution >= 0.6 is 23.2 Å². The Kier molecular flexibility index (Phi) is 4.80. The zero-order chi connectivity index (χ0) is 16.3. The van der Waals surface area contributed by atoms with E-state index in [0.717, 1.165) is 6.07 Å². The average molecular weight is 360 g/mol. The Hall–Kier alpha value is -1.96. The molecule has 2 aromatic rings. The summed E-state index contributed by atoms with van der Waals surface area (Å²) in [5.74, 6) is 0.317. The van der Waals surface area contributed by atoms with Crippen LogP contribution in [0.1, 0.15) is 0 Å². The molecular formula is C12H7Cl2N3O4S. The van der Waals surface area contributed by atoms with E-state index in [1.54, 1.807) is 6.07 Å². The van der Waals surface area contributed by atoms with Crippen molar-refractivity contribution in [3.05, 3.63) is 56.9 Å². The lowest BCUT2D eigenvalue weighted by Gasteiger charge is -2.10. The summed E-state index contributed by atoms with van der Waals surface area (Å²) in [5, 5.41) is 3.83. The van der Waals surface area contributed by atoms with E-state index in [1.165, 1.54) is 24.3 Å². The number of nitrogens with zero attached hydrogens (tertiary/aromatic N) is 3. The smallest absolute Gasteiger partial charge is 0.295 e. The summed E-state index contributed by atoms with van der Waals surface area (Å²) in [4.78, 5) is 1.91. The first kappa shape index (κ1) is 16.4. The Balaban J connectivity index is 2.47. The largest absolute Gasteiger partial charge is 0.456 e. The summed E-state index contributed by atoms with van der Waals surface area (Å²) in [6.45, 7) is 0. The minimum atomic E-state index is -4.59. The summed E-state index contributed by atoms with van der Waals surface area (Å²) < 4.78 is 37.2. The molecule has 10 heteroatoms. The van der Waals surface area contributed by atoms with Gasteiger partial charge in [0.15, 0.2) is 0 Å². The number of halogens is 2. The summed E-state index contributed by atoms with van der Waals surface area (Å²) >= 11 is 11.7. The highest BCUT2D eigenvalue weighted by Gasteiger charge is 2.16. The number of rotatable bonds is 4. The molecule has 22 heavy (non-hydrogen) atoms. The first-order chi connectivity index (χ1) is 10.3. The predicted molar refractivity (Wildman–Crippen MR) is 81.6 cm³/mol. The zero-order valence-corrected chi connectivity index (χ0v) is 13.0. The molecule has 0 heterocycles. The number of hydrogen-bond donors (Lipinski definition) is 1. The fourth-order valence-electron chi connectivity index (χ4n) is 1.58. The third-order valence-electron chi connectivity index (χ3n) is 2.48. The van der Waals surface area contributed by atoms with E-state index < -0.39 is 15.0 Å². The van der Waals surface area contributed by atoms with Gasteiger partial charge in [-0.2, -0.15) is 8.42 Å². The van der Waals surface area contributed by atoms with E-state index in [-0.39, 0.29) is 22.2 Å². The summed E-state index contributed by atoms with van der Waals surface area (Å²) in [6.07, 6.45) is 0. The van der Waals surface area contributed by atoms with E-state index in [1.807, 2.05) is 0 Å². The number of ether oxygens (including phenoxy) is 1. The molecule has 0 aromatic heterocycles. The van der Waals surface area contributed by atoms with Gasteiger partial charge in [0.25, 0.3) is 10.1 Å². The van der Waals surface area contributed by atoms with Crippen molar-refractivity contribution in [1.82, 2.24) is 0 Å². The number of benzene rings is 2. The van der Waals surface area contributed by atoms with Crippen molar-refractivity contribution in [2.75, 3.05) is 0 Å². The minimum absolute atomic E-state index is 0.0775. The molecule has 0 aliphatic rings. The van der Waals surface area contributed by atoms with Gasteiger partial charge in [-0.25, -0.2) is 0 Å². The molecule has 2 rings (SSSR count). The highest BCUT2D eigenvalue weighted by molar-refractivity contribution is 7.86. The number of azide groups is 1. The van der Waals surface area contributed by atoms with Crippen LogP contribution in [-0.2, 0) is 10.1 Å². The molecule has 0 aliphatic carbocycles. The summed E-state index contributed by atoms with van der Waals surface area (Å²) in [7, 11) is -4.59. The molecule has 0 saturated carbocycles. The lowest BCUT2D eigenvalue weighted by Crippen LogP contribution is -1.99. The summed E-state index contributed by atoms with van der Waals surface area (Å²) in [5.41, 5.74) is 8.15. The molecule has 114 valence electrons. The van der Waals surface area contributed by atoms with Gasteiger partial charge < -0.3 is 4.74 Å². The van der Waals surface area contributed by atoms with Crippen molar-refractivity contribution in [3.8, 4) is 11.5 Å². The van der Waals surface area contributed by atoms with Gasteiger partial charge in [-0.05, 0) is 35.9 Å². The molecule has 0 bridgehead atoms. The molecule has 0 amide bonds. The lowest BCUT2D eigenvalue weighted by atomic mass is 10.3. The maximum absolute atomic E-state index is 11.3. The molecule has 0 spiro atoms. The van der Waals surface area contributed by atoms with Crippen LogP contribution in [0.15, 0.2) is 46.4 Å². The molecule has 0 saturated heterocycles. The van der Waals surface area contributed by atoms with Gasteiger partial charge in [0.1, 0.15) is 16.4 Å². The second kappa shape index (κ2) is 6.43. The van der Waals surface area contributed by atoms with Crippen LogP contribution in [0.4, 0.5) is 5.69 Å². The first-order valence-corrected chi connectivity index (χ1v) is 7.80. The van der Waals surface area contributed by atoms with Crippen molar-refractivity contribution < 1.29 is 17.7 Å². The molecule has 0 unspecified atom stereocenters. The fraction of sp³-hybridized carbons (Fsp3) is 0. The highest BCUT2D eigenvalue weighted by atomic mass is 35.5. The van der Waals surface area contributed by atoms with E-state index in [4.69, 9.17) is 38.0 Å². The average Bonchev–Trinajstić information content (AvgIpc) is 2.42. The van der Waals surface area contributed by atoms with Gasteiger partial charge in [-0.1, -0.05) is 28.3 Å². The van der Waals surface area contributed by atoms with Crippen LogP contribution in [0.25, 0.3) is 10.4 Å². The van der Waals surface area contributed by atoms with Crippen molar-refractivity contribution in [1.29, 1.82) is 0 Å². The molecular weight excluding hydrogens is 353 g/mol. The molecule has 1 N–H and O–H groups in total. The van der Waals surface area contributed by atoms with Crippen LogP contribution in [0.5, 0.6) is 11.5 Å². The second-order valence-electron chi connectivity index (χ2n) is 3.97. The van der Waals surface area contributed by atoms with E-state index in [9.17, 15) is 8.42 Å². The van der Waals surface area contributed by atoms with Gasteiger partial charge in [0, 0.05) is 16.0 Å². The molecule has 7 nitrogen and oxygen atoms in total. The molecule has 0 atom stereocenters. The Bertz CT molecular complexity index is 880. The Morgan fingerprint density at radius 1 is 1.18 bits per heavy atom. The van der Waals surface area contributed by atoms with E-state index in [2.05, 4.69) is 10.0 Å². The second-order valence-corrected chi connectivity index (χ2v) is 6.20. The van der Waals surface area contributed by atoms with Crippen LogP contribution in [0, 0.1) is 0 Å². The third kappa shape index (κ3) is 3.82. The first-order valence-electron chi connectivity index (χ1n) is 5.61. The van der Waals surface area contributed by atoms with Gasteiger partial charge in [0.2, 0.25) is 0 Å². The number of hydrogen-bond acceptors (Lipinski definition) is 4. The van der Waals surface area contributed by atoms with Crippen LogP contribution < -0.4 is 4.74 Å².